The lowest BCUT2D eigenvalue weighted by Gasteiger charge is -2.40. The van der Waals surface area contributed by atoms with Crippen LogP contribution in [0, 0.1) is 11.8 Å². The lowest BCUT2D eigenvalue weighted by Crippen LogP contribution is -2.51. The van der Waals surface area contributed by atoms with Crippen molar-refractivity contribution in [2.45, 2.75) is 89.3 Å². The van der Waals surface area contributed by atoms with Gasteiger partial charge in [0.1, 0.15) is 0 Å². The topological polar surface area (TPSA) is 24.1 Å². The lowest BCUT2D eigenvalue weighted by molar-refractivity contribution is 0.179. The zero-order valence-electron chi connectivity index (χ0n) is 12.7. The van der Waals surface area contributed by atoms with Gasteiger partial charge < -0.3 is 10.6 Å². The maximum atomic E-state index is 4.04. The number of hydrogen-bond donors (Lipinski definition) is 2. The molecule has 3 rings (SSSR count). The minimum atomic E-state index is 0.815. The number of nitrogens with one attached hydrogen (secondary N) is 2. The van der Waals surface area contributed by atoms with Crippen molar-refractivity contribution in [3.63, 3.8) is 0 Å². The van der Waals surface area contributed by atoms with E-state index in [0.29, 0.717) is 0 Å². The first-order chi connectivity index (χ1) is 9.38. The van der Waals surface area contributed by atoms with Gasteiger partial charge in [0, 0.05) is 18.1 Å². The van der Waals surface area contributed by atoms with E-state index < -0.39 is 0 Å². The molecule has 0 amide bonds. The zero-order valence-corrected chi connectivity index (χ0v) is 12.7. The maximum Gasteiger partial charge on any atom is 0.0113 e. The summed E-state index contributed by atoms with van der Waals surface area (Å²) in [5, 5.41) is 7.84. The van der Waals surface area contributed by atoms with Gasteiger partial charge in [-0.05, 0) is 56.9 Å². The SMILES string of the molecule is CCCC1CC1NC1CCCCC1C1CCCCN1. The summed E-state index contributed by atoms with van der Waals surface area (Å²) in [4.78, 5) is 0. The van der Waals surface area contributed by atoms with E-state index in [2.05, 4.69) is 17.6 Å². The highest BCUT2D eigenvalue weighted by atomic mass is 15.0. The Hall–Kier alpha value is -0.0800. The molecule has 2 heteroatoms. The Morgan fingerprint density at radius 1 is 1.00 bits per heavy atom. The Labute approximate surface area is 119 Å². The molecule has 0 spiro atoms. The average Bonchev–Trinajstić information content (AvgIpc) is 3.19. The van der Waals surface area contributed by atoms with Crippen LogP contribution in [-0.4, -0.2) is 24.7 Å². The van der Waals surface area contributed by atoms with E-state index in [0.717, 1.165) is 30.0 Å². The van der Waals surface area contributed by atoms with Gasteiger partial charge in [0.25, 0.3) is 0 Å². The van der Waals surface area contributed by atoms with E-state index in [1.165, 1.54) is 70.8 Å². The fourth-order valence-corrected chi connectivity index (χ4v) is 4.51. The molecule has 0 bridgehead atoms. The molecule has 2 N–H and O–H groups in total. The van der Waals surface area contributed by atoms with Crippen LogP contribution < -0.4 is 10.6 Å². The molecule has 1 saturated heterocycles. The standard InChI is InChI=1S/C17H32N2/c1-2-7-13-12-17(13)19-16-10-4-3-8-14(16)15-9-5-6-11-18-15/h13-19H,2-12H2,1H3. The van der Waals surface area contributed by atoms with Crippen molar-refractivity contribution in [3.8, 4) is 0 Å². The third-order valence-electron chi connectivity index (χ3n) is 5.69. The van der Waals surface area contributed by atoms with Crippen LogP contribution in [0.4, 0.5) is 0 Å². The Kier molecular flexibility index (Phi) is 4.81. The summed E-state index contributed by atoms with van der Waals surface area (Å²) in [6.45, 7) is 3.58. The predicted molar refractivity (Wildman–Crippen MR) is 81.3 cm³/mol. The summed E-state index contributed by atoms with van der Waals surface area (Å²) in [5.41, 5.74) is 0. The third-order valence-corrected chi connectivity index (χ3v) is 5.69. The molecular formula is C17H32N2. The van der Waals surface area contributed by atoms with Gasteiger partial charge in [-0.25, -0.2) is 0 Å². The van der Waals surface area contributed by atoms with Crippen LogP contribution in [0.1, 0.15) is 71.1 Å². The van der Waals surface area contributed by atoms with Gasteiger partial charge in [-0.2, -0.15) is 0 Å². The van der Waals surface area contributed by atoms with Gasteiger partial charge in [-0.3, -0.25) is 0 Å². The molecular weight excluding hydrogens is 232 g/mol. The summed E-state index contributed by atoms with van der Waals surface area (Å²) < 4.78 is 0. The van der Waals surface area contributed by atoms with E-state index in [9.17, 15) is 0 Å². The minimum Gasteiger partial charge on any atom is -0.314 e. The van der Waals surface area contributed by atoms with Gasteiger partial charge in [-0.1, -0.05) is 32.6 Å². The second kappa shape index (κ2) is 6.58. The Morgan fingerprint density at radius 2 is 1.84 bits per heavy atom. The van der Waals surface area contributed by atoms with Crippen LogP contribution in [0.3, 0.4) is 0 Å². The Morgan fingerprint density at radius 3 is 2.63 bits per heavy atom. The van der Waals surface area contributed by atoms with Crippen molar-refractivity contribution in [1.82, 2.24) is 10.6 Å². The van der Waals surface area contributed by atoms with Crippen LogP contribution in [0.25, 0.3) is 0 Å². The average molecular weight is 264 g/mol. The quantitative estimate of drug-likeness (QED) is 0.794. The molecule has 5 atom stereocenters. The number of hydrogen-bond acceptors (Lipinski definition) is 2. The van der Waals surface area contributed by atoms with Gasteiger partial charge in [0.2, 0.25) is 0 Å². The normalized spacial score (nSPS) is 43.1. The van der Waals surface area contributed by atoms with Crippen molar-refractivity contribution in [3.05, 3.63) is 0 Å². The highest BCUT2D eigenvalue weighted by Crippen LogP contribution is 2.38. The summed E-state index contributed by atoms with van der Waals surface area (Å²) >= 11 is 0. The molecule has 1 heterocycles. The van der Waals surface area contributed by atoms with E-state index in [4.69, 9.17) is 0 Å². The molecule has 2 aliphatic carbocycles. The molecule has 110 valence electrons. The van der Waals surface area contributed by atoms with Gasteiger partial charge >= 0.3 is 0 Å². The summed E-state index contributed by atoms with van der Waals surface area (Å²) in [5.74, 6) is 1.92. The van der Waals surface area contributed by atoms with E-state index >= 15 is 0 Å². The van der Waals surface area contributed by atoms with Crippen molar-refractivity contribution < 1.29 is 0 Å². The van der Waals surface area contributed by atoms with E-state index in [1.54, 1.807) is 0 Å². The second-order valence-corrected chi connectivity index (χ2v) is 7.17. The lowest BCUT2D eigenvalue weighted by atomic mass is 9.77. The maximum absolute atomic E-state index is 4.04. The predicted octanol–water partition coefficient (Wildman–Crippen LogP) is 3.47. The Balaban J connectivity index is 1.52. The number of rotatable bonds is 5. The first-order valence-corrected chi connectivity index (χ1v) is 8.88. The summed E-state index contributed by atoms with van der Waals surface area (Å²) in [7, 11) is 0. The van der Waals surface area contributed by atoms with Crippen LogP contribution in [-0.2, 0) is 0 Å². The van der Waals surface area contributed by atoms with Gasteiger partial charge in [0.15, 0.2) is 0 Å². The molecule has 0 aromatic carbocycles. The smallest absolute Gasteiger partial charge is 0.0113 e. The van der Waals surface area contributed by atoms with Gasteiger partial charge in [0.05, 0.1) is 0 Å². The molecule has 19 heavy (non-hydrogen) atoms. The molecule has 5 unspecified atom stereocenters. The van der Waals surface area contributed by atoms with Crippen LogP contribution in [0.5, 0.6) is 0 Å². The molecule has 2 saturated carbocycles. The minimum absolute atomic E-state index is 0.815. The fraction of sp³-hybridized carbons (Fsp3) is 1.00. The second-order valence-electron chi connectivity index (χ2n) is 7.17. The molecule has 3 fully saturated rings. The molecule has 2 nitrogen and oxygen atoms in total. The van der Waals surface area contributed by atoms with Crippen molar-refractivity contribution in [1.29, 1.82) is 0 Å². The molecule has 0 aromatic heterocycles. The van der Waals surface area contributed by atoms with Gasteiger partial charge in [-0.15, -0.1) is 0 Å². The molecule has 3 aliphatic rings. The highest BCUT2D eigenvalue weighted by Gasteiger charge is 2.40. The number of piperidine rings is 1. The Bertz CT molecular complexity index is 272. The molecule has 1 aliphatic heterocycles. The summed E-state index contributed by atoms with van der Waals surface area (Å²) in [6, 6.07) is 2.50. The van der Waals surface area contributed by atoms with E-state index in [1.807, 2.05) is 0 Å². The molecule has 0 aromatic rings. The largest absolute Gasteiger partial charge is 0.314 e. The molecule has 0 radical (unpaired) electrons. The van der Waals surface area contributed by atoms with Crippen molar-refractivity contribution in [2.75, 3.05) is 6.54 Å². The van der Waals surface area contributed by atoms with Crippen molar-refractivity contribution >= 4 is 0 Å². The first kappa shape index (κ1) is 13.9. The summed E-state index contributed by atoms with van der Waals surface area (Å²) in [6.07, 6.45) is 14.3. The zero-order chi connectivity index (χ0) is 13.1. The van der Waals surface area contributed by atoms with Crippen LogP contribution in [0.15, 0.2) is 0 Å². The highest BCUT2D eigenvalue weighted by molar-refractivity contribution is 4.98. The fourth-order valence-electron chi connectivity index (χ4n) is 4.51. The first-order valence-electron chi connectivity index (χ1n) is 8.88. The monoisotopic (exact) mass is 264 g/mol. The third kappa shape index (κ3) is 3.52. The van der Waals surface area contributed by atoms with Crippen molar-refractivity contribution in [2.24, 2.45) is 11.8 Å². The van der Waals surface area contributed by atoms with E-state index in [-0.39, 0.29) is 0 Å². The van der Waals surface area contributed by atoms with Crippen LogP contribution >= 0.6 is 0 Å². The van der Waals surface area contributed by atoms with Crippen LogP contribution in [0.2, 0.25) is 0 Å².